The first-order valence-corrected chi connectivity index (χ1v) is 12.1. The van der Waals surface area contributed by atoms with Gasteiger partial charge in [-0.25, -0.2) is 4.79 Å². The molecule has 1 fully saturated rings. The van der Waals surface area contributed by atoms with E-state index < -0.39 is 5.97 Å². The molecule has 182 valence electrons. The summed E-state index contributed by atoms with van der Waals surface area (Å²) in [5.41, 5.74) is 1.87. The van der Waals surface area contributed by atoms with Crippen LogP contribution in [0.15, 0.2) is 84.5 Å². The van der Waals surface area contributed by atoms with Gasteiger partial charge in [-0.3, -0.25) is 14.5 Å². The molecule has 1 aliphatic carbocycles. The second kappa shape index (κ2) is 10.2. The van der Waals surface area contributed by atoms with Gasteiger partial charge >= 0.3 is 5.97 Å². The summed E-state index contributed by atoms with van der Waals surface area (Å²) in [5.74, 6) is -0.980. The van der Waals surface area contributed by atoms with Gasteiger partial charge in [0.2, 0.25) is 11.8 Å². The Bertz CT molecular complexity index is 1340. The summed E-state index contributed by atoms with van der Waals surface area (Å²) in [7, 11) is 0. The van der Waals surface area contributed by atoms with Crippen molar-refractivity contribution in [3.8, 4) is 5.75 Å². The van der Waals surface area contributed by atoms with Crippen molar-refractivity contribution in [3.05, 3.63) is 95.6 Å². The summed E-state index contributed by atoms with van der Waals surface area (Å²) < 4.78 is 6.13. The maximum absolute atomic E-state index is 13.0. The maximum atomic E-state index is 13.0. The van der Waals surface area contributed by atoms with Gasteiger partial charge in [-0.2, -0.15) is 0 Å². The summed E-state index contributed by atoms with van der Waals surface area (Å²) in [5, 5.41) is 11.3. The number of nitrogens with zero attached hydrogens (tertiary/aromatic N) is 1. The van der Waals surface area contributed by atoms with Gasteiger partial charge in [0.25, 0.3) is 0 Å². The lowest BCUT2D eigenvalue weighted by Gasteiger charge is -2.18. The third kappa shape index (κ3) is 4.80. The molecule has 2 aliphatic rings. The number of carbonyl (C=O) groups excluding carboxylic acids is 2. The molecule has 5 rings (SSSR count). The molecule has 3 aromatic carbocycles. The first-order valence-electron chi connectivity index (χ1n) is 12.1. The number of carbonyl (C=O) groups is 3. The quantitative estimate of drug-likeness (QED) is 0.347. The number of hydrogen-bond donors (Lipinski definition) is 1. The Labute approximate surface area is 209 Å². The number of rotatable bonds is 8. The topological polar surface area (TPSA) is 83.9 Å². The van der Waals surface area contributed by atoms with E-state index in [0.29, 0.717) is 25.9 Å². The van der Waals surface area contributed by atoms with E-state index in [1.54, 1.807) is 24.3 Å². The number of carboxylic acids is 1. The molecular weight excluding hydrogens is 454 g/mol. The highest BCUT2D eigenvalue weighted by Crippen LogP contribution is 2.35. The fourth-order valence-corrected chi connectivity index (χ4v) is 5.00. The van der Waals surface area contributed by atoms with Crippen LogP contribution in [0.5, 0.6) is 5.75 Å². The lowest BCUT2D eigenvalue weighted by atomic mass is 9.85. The standard InChI is InChI=1S/C30H27NO5/c32-28-25-9-3-4-10-26(25)29(33)31(28)19-21(18-20-12-14-23(15-13-20)30(34)35)16-17-36-27-11-5-7-22-6-1-2-8-24(22)27/h1-8,11-15,18,25-26H,9-10,16-17,19H2,(H,34,35)/b21-18-. The molecule has 36 heavy (non-hydrogen) atoms. The molecule has 0 bridgehead atoms. The van der Waals surface area contributed by atoms with Gasteiger partial charge in [-0.1, -0.05) is 66.8 Å². The monoisotopic (exact) mass is 481 g/mol. The molecule has 0 spiro atoms. The van der Waals surface area contributed by atoms with Gasteiger partial charge in [0.15, 0.2) is 0 Å². The van der Waals surface area contributed by atoms with Crippen molar-refractivity contribution in [3.63, 3.8) is 0 Å². The summed E-state index contributed by atoms with van der Waals surface area (Å²) in [6.45, 7) is 0.571. The Morgan fingerprint density at radius 3 is 2.28 bits per heavy atom. The van der Waals surface area contributed by atoms with E-state index in [-0.39, 0.29) is 35.8 Å². The fraction of sp³-hybridized carbons (Fsp3) is 0.233. The summed E-state index contributed by atoms with van der Waals surface area (Å²) in [4.78, 5) is 38.7. The van der Waals surface area contributed by atoms with Gasteiger partial charge < -0.3 is 9.84 Å². The van der Waals surface area contributed by atoms with Gasteiger partial charge in [0, 0.05) is 11.8 Å². The largest absolute Gasteiger partial charge is 0.493 e. The van der Waals surface area contributed by atoms with Crippen LogP contribution in [0.25, 0.3) is 16.8 Å². The molecule has 0 radical (unpaired) electrons. The number of allylic oxidation sites excluding steroid dienone is 2. The molecule has 1 N–H and O–H groups in total. The van der Waals surface area contributed by atoms with Crippen molar-refractivity contribution in [1.29, 1.82) is 0 Å². The zero-order valence-electron chi connectivity index (χ0n) is 19.8. The van der Waals surface area contributed by atoms with Crippen LogP contribution < -0.4 is 4.74 Å². The van der Waals surface area contributed by atoms with E-state index in [1.165, 1.54) is 4.90 Å². The minimum Gasteiger partial charge on any atom is -0.493 e. The number of likely N-dealkylation sites (tertiary alicyclic amines) is 1. The second-order valence-electron chi connectivity index (χ2n) is 9.22. The van der Waals surface area contributed by atoms with Crippen molar-refractivity contribution in [2.45, 2.75) is 19.3 Å². The van der Waals surface area contributed by atoms with E-state index in [0.717, 1.165) is 27.7 Å². The molecular formula is C30H27NO5. The Balaban J connectivity index is 1.36. The number of benzene rings is 3. The van der Waals surface area contributed by atoms with Gasteiger partial charge in [0.05, 0.1) is 30.6 Å². The van der Waals surface area contributed by atoms with Gasteiger partial charge in [0.1, 0.15) is 5.75 Å². The predicted octanol–water partition coefficient (Wildman–Crippen LogP) is 5.34. The zero-order chi connectivity index (χ0) is 25.1. The number of hydrogen-bond acceptors (Lipinski definition) is 4. The Morgan fingerprint density at radius 1 is 0.917 bits per heavy atom. The van der Waals surface area contributed by atoms with Crippen molar-refractivity contribution < 1.29 is 24.2 Å². The average Bonchev–Trinajstić information content (AvgIpc) is 3.14. The fourth-order valence-electron chi connectivity index (χ4n) is 5.00. The van der Waals surface area contributed by atoms with E-state index >= 15 is 0 Å². The molecule has 6 nitrogen and oxygen atoms in total. The third-order valence-electron chi connectivity index (χ3n) is 6.92. The van der Waals surface area contributed by atoms with Gasteiger partial charge in [-0.05, 0) is 47.6 Å². The van der Waals surface area contributed by atoms with E-state index in [4.69, 9.17) is 4.74 Å². The Hall–Kier alpha value is -4.19. The molecule has 0 saturated carbocycles. The van der Waals surface area contributed by atoms with E-state index in [2.05, 4.69) is 0 Å². The van der Waals surface area contributed by atoms with E-state index in [1.807, 2.05) is 60.7 Å². The van der Waals surface area contributed by atoms with Crippen LogP contribution in [0.3, 0.4) is 0 Å². The zero-order valence-corrected chi connectivity index (χ0v) is 19.8. The highest BCUT2D eigenvalue weighted by Gasteiger charge is 2.47. The predicted molar refractivity (Wildman–Crippen MR) is 138 cm³/mol. The highest BCUT2D eigenvalue weighted by molar-refractivity contribution is 6.05. The van der Waals surface area contributed by atoms with Crippen LogP contribution in [0.4, 0.5) is 0 Å². The number of aromatic carboxylic acids is 1. The minimum atomic E-state index is -0.987. The first-order chi connectivity index (χ1) is 17.5. The molecule has 2 unspecified atom stereocenters. The minimum absolute atomic E-state index is 0.114. The van der Waals surface area contributed by atoms with Crippen molar-refractivity contribution in [1.82, 2.24) is 4.90 Å². The molecule has 3 aromatic rings. The van der Waals surface area contributed by atoms with Crippen LogP contribution in [0, 0.1) is 11.8 Å². The van der Waals surface area contributed by atoms with Crippen molar-refractivity contribution >= 4 is 34.6 Å². The van der Waals surface area contributed by atoms with Crippen LogP contribution >= 0.6 is 0 Å². The molecule has 1 aliphatic heterocycles. The van der Waals surface area contributed by atoms with Crippen LogP contribution in [0.1, 0.15) is 35.2 Å². The summed E-state index contributed by atoms with van der Waals surface area (Å²) >= 11 is 0. The van der Waals surface area contributed by atoms with Crippen LogP contribution in [-0.4, -0.2) is 40.9 Å². The SMILES string of the molecule is O=C(O)c1ccc(/C=C(/CCOc2cccc3ccccc23)CN2C(=O)C3CC=CCC3C2=O)cc1. The van der Waals surface area contributed by atoms with Crippen molar-refractivity contribution in [2.24, 2.45) is 11.8 Å². The Morgan fingerprint density at radius 2 is 1.58 bits per heavy atom. The Kier molecular flexibility index (Phi) is 6.67. The highest BCUT2D eigenvalue weighted by atomic mass is 16.5. The number of amides is 2. The third-order valence-corrected chi connectivity index (χ3v) is 6.92. The molecule has 2 atom stereocenters. The molecule has 0 aromatic heterocycles. The lowest BCUT2D eigenvalue weighted by Crippen LogP contribution is -2.33. The molecule has 2 amide bonds. The second-order valence-corrected chi connectivity index (χ2v) is 9.22. The first kappa shape index (κ1) is 23.5. The van der Waals surface area contributed by atoms with Crippen molar-refractivity contribution in [2.75, 3.05) is 13.2 Å². The maximum Gasteiger partial charge on any atom is 0.335 e. The number of imide groups is 1. The molecule has 1 heterocycles. The number of ether oxygens (including phenoxy) is 1. The van der Waals surface area contributed by atoms with E-state index in [9.17, 15) is 19.5 Å². The van der Waals surface area contributed by atoms with Crippen LogP contribution in [0.2, 0.25) is 0 Å². The summed E-state index contributed by atoms with van der Waals surface area (Å²) in [6.07, 6.45) is 7.59. The lowest BCUT2D eigenvalue weighted by molar-refractivity contribution is -0.139. The van der Waals surface area contributed by atoms with Crippen LogP contribution in [-0.2, 0) is 9.59 Å². The number of carboxylic acid groups (broad SMARTS) is 1. The number of fused-ring (bicyclic) bond motifs is 2. The normalized spacial score (nSPS) is 19.6. The molecule has 1 saturated heterocycles. The smallest absolute Gasteiger partial charge is 0.335 e. The van der Waals surface area contributed by atoms with Gasteiger partial charge in [-0.15, -0.1) is 0 Å². The molecule has 6 heteroatoms. The average molecular weight is 482 g/mol. The summed E-state index contributed by atoms with van der Waals surface area (Å²) in [6, 6.07) is 20.5.